The van der Waals surface area contributed by atoms with Gasteiger partial charge in [0.15, 0.2) is 0 Å². The van der Waals surface area contributed by atoms with Crippen LogP contribution in [0.5, 0.6) is 0 Å². The van der Waals surface area contributed by atoms with Crippen LogP contribution in [0.4, 0.5) is 0 Å². The Labute approximate surface area is 103 Å². The summed E-state index contributed by atoms with van der Waals surface area (Å²) in [5, 5.41) is -0.993. The Morgan fingerprint density at radius 3 is 2.20 bits per heavy atom. The first kappa shape index (κ1) is 13.2. The molecule has 1 aliphatic rings. The van der Waals surface area contributed by atoms with Crippen LogP contribution in [-0.4, -0.2) is 17.1 Å². The lowest BCUT2D eigenvalue weighted by Crippen LogP contribution is -2.33. The van der Waals surface area contributed by atoms with E-state index in [0.717, 1.165) is 6.42 Å². The number of halogens is 3. The van der Waals surface area contributed by atoms with Crippen molar-refractivity contribution in [2.45, 2.75) is 19.3 Å². The minimum absolute atomic E-state index is 0.169. The summed E-state index contributed by atoms with van der Waals surface area (Å²) in [6.07, 6.45) is 1.85. The molecule has 0 aliphatic heterocycles. The molecule has 0 heterocycles. The smallest absolute Gasteiger partial charge is 0.225 e. The molecule has 86 valence electrons. The van der Waals surface area contributed by atoms with Crippen LogP contribution < -0.4 is 0 Å². The monoisotopic (exact) mass is 272 g/mol. The number of hydrogen-bond donors (Lipinski definition) is 0. The number of carbonyl (C=O) groups excluding carboxylic acids is 2. The highest BCUT2D eigenvalue weighted by atomic mass is 35.5. The SMILES string of the molecule is O=C(Cl)C1CCC(COCl)CC1C(=O)Cl. The van der Waals surface area contributed by atoms with Gasteiger partial charge >= 0.3 is 0 Å². The van der Waals surface area contributed by atoms with E-state index in [-0.39, 0.29) is 5.92 Å². The fourth-order valence-corrected chi connectivity index (χ4v) is 2.70. The Morgan fingerprint density at radius 1 is 1.13 bits per heavy atom. The van der Waals surface area contributed by atoms with Gasteiger partial charge in [0.1, 0.15) is 0 Å². The van der Waals surface area contributed by atoms with Crippen LogP contribution in [0, 0.1) is 17.8 Å². The van der Waals surface area contributed by atoms with Gasteiger partial charge in [0.2, 0.25) is 10.5 Å². The van der Waals surface area contributed by atoms with Crippen LogP contribution >= 0.6 is 35.1 Å². The zero-order chi connectivity index (χ0) is 11.4. The molecule has 15 heavy (non-hydrogen) atoms. The lowest BCUT2D eigenvalue weighted by Gasteiger charge is -2.31. The van der Waals surface area contributed by atoms with E-state index < -0.39 is 22.3 Å². The Kier molecular flexibility index (Phi) is 5.33. The van der Waals surface area contributed by atoms with Gasteiger partial charge in [-0.25, -0.2) is 0 Å². The third-order valence-corrected chi connectivity index (χ3v) is 3.53. The maximum Gasteiger partial charge on any atom is 0.225 e. The van der Waals surface area contributed by atoms with Crippen LogP contribution in [0.25, 0.3) is 0 Å². The molecule has 0 saturated heterocycles. The van der Waals surface area contributed by atoms with Crippen LogP contribution in [0.2, 0.25) is 0 Å². The second-order valence-electron chi connectivity index (χ2n) is 3.78. The number of rotatable bonds is 4. The van der Waals surface area contributed by atoms with Crippen molar-refractivity contribution >= 4 is 45.6 Å². The summed E-state index contributed by atoms with van der Waals surface area (Å²) in [7, 11) is 0. The lowest BCUT2D eigenvalue weighted by atomic mass is 9.75. The maximum absolute atomic E-state index is 11.1. The fraction of sp³-hybridized carbons (Fsp3) is 0.778. The summed E-state index contributed by atoms with van der Waals surface area (Å²) in [6.45, 7) is 0.366. The Bertz CT molecular complexity index is 257. The molecule has 3 unspecified atom stereocenters. The molecule has 1 fully saturated rings. The number of carbonyl (C=O) groups is 2. The Hall–Kier alpha value is 0.170. The van der Waals surface area contributed by atoms with E-state index in [1.165, 1.54) is 0 Å². The van der Waals surface area contributed by atoms with Crippen molar-refractivity contribution in [1.29, 1.82) is 0 Å². The molecular formula is C9H11Cl3O3. The second-order valence-corrected chi connectivity index (χ2v) is 4.74. The first-order valence-corrected chi connectivity index (χ1v) is 5.75. The lowest BCUT2D eigenvalue weighted by molar-refractivity contribution is -0.126. The zero-order valence-corrected chi connectivity index (χ0v) is 10.2. The highest BCUT2D eigenvalue weighted by Gasteiger charge is 2.37. The van der Waals surface area contributed by atoms with E-state index in [1.54, 1.807) is 0 Å². The topological polar surface area (TPSA) is 43.4 Å². The van der Waals surface area contributed by atoms with E-state index in [4.69, 9.17) is 35.1 Å². The van der Waals surface area contributed by atoms with Crippen molar-refractivity contribution in [2.24, 2.45) is 17.8 Å². The van der Waals surface area contributed by atoms with Crippen LogP contribution in [0.3, 0.4) is 0 Å². The van der Waals surface area contributed by atoms with Crippen molar-refractivity contribution < 1.29 is 13.9 Å². The molecule has 6 heteroatoms. The van der Waals surface area contributed by atoms with Crippen molar-refractivity contribution in [2.75, 3.05) is 6.61 Å². The van der Waals surface area contributed by atoms with Crippen molar-refractivity contribution in [1.82, 2.24) is 0 Å². The second kappa shape index (κ2) is 6.04. The maximum atomic E-state index is 11.1. The van der Waals surface area contributed by atoms with Gasteiger partial charge in [0.05, 0.1) is 18.5 Å². The quantitative estimate of drug-likeness (QED) is 0.740. The van der Waals surface area contributed by atoms with Gasteiger partial charge in [-0.1, -0.05) is 0 Å². The molecule has 0 aromatic rings. The normalized spacial score (nSPS) is 31.3. The predicted octanol–water partition coefficient (Wildman–Crippen LogP) is 2.72. The highest BCUT2D eigenvalue weighted by molar-refractivity contribution is 6.66. The van der Waals surface area contributed by atoms with E-state index >= 15 is 0 Å². The van der Waals surface area contributed by atoms with Gasteiger partial charge in [-0.2, -0.15) is 0 Å². The third kappa shape index (κ3) is 3.59. The minimum Gasteiger partial charge on any atom is -0.281 e. The molecule has 3 nitrogen and oxygen atoms in total. The molecule has 1 aliphatic carbocycles. The van der Waals surface area contributed by atoms with Gasteiger partial charge in [-0.15, -0.1) is 0 Å². The molecule has 0 bridgehead atoms. The number of hydrogen-bond acceptors (Lipinski definition) is 3. The Balaban J connectivity index is 2.65. The van der Waals surface area contributed by atoms with Gasteiger partial charge < -0.3 is 0 Å². The van der Waals surface area contributed by atoms with E-state index in [9.17, 15) is 9.59 Å². The average Bonchev–Trinajstić information content (AvgIpc) is 2.17. The van der Waals surface area contributed by atoms with Crippen LogP contribution in [0.1, 0.15) is 19.3 Å². The first-order chi connectivity index (χ1) is 7.06. The Morgan fingerprint density at radius 2 is 1.73 bits per heavy atom. The van der Waals surface area contributed by atoms with Crippen molar-refractivity contribution in [3.63, 3.8) is 0 Å². The summed E-state index contributed by atoms with van der Waals surface area (Å²) in [5.41, 5.74) is 0. The average molecular weight is 274 g/mol. The van der Waals surface area contributed by atoms with E-state index in [0.29, 0.717) is 19.4 Å². The minimum atomic E-state index is -0.506. The molecule has 3 atom stereocenters. The summed E-state index contributed by atoms with van der Waals surface area (Å²) in [6, 6.07) is 0. The molecule has 0 aromatic carbocycles. The van der Waals surface area contributed by atoms with E-state index in [2.05, 4.69) is 4.29 Å². The molecule has 1 rings (SSSR count). The molecule has 0 aromatic heterocycles. The van der Waals surface area contributed by atoms with Crippen LogP contribution in [-0.2, 0) is 13.9 Å². The van der Waals surface area contributed by atoms with Crippen molar-refractivity contribution in [3.8, 4) is 0 Å². The van der Waals surface area contributed by atoms with Gasteiger partial charge in [0, 0.05) is 11.8 Å². The third-order valence-electron chi connectivity index (χ3n) is 2.84. The van der Waals surface area contributed by atoms with Crippen molar-refractivity contribution in [3.05, 3.63) is 0 Å². The predicted molar refractivity (Wildman–Crippen MR) is 57.8 cm³/mol. The van der Waals surface area contributed by atoms with Gasteiger partial charge in [-0.05, 0) is 48.4 Å². The van der Waals surface area contributed by atoms with Crippen LogP contribution in [0.15, 0.2) is 0 Å². The molecule has 0 amide bonds. The first-order valence-electron chi connectivity index (χ1n) is 4.68. The van der Waals surface area contributed by atoms with Gasteiger partial charge in [-0.3, -0.25) is 13.9 Å². The largest absolute Gasteiger partial charge is 0.281 e. The highest BCUT2D eigenvalue weighted by Crippen LogP contribution is 2.36. The molecule has 1 saturated carbocycles. The fourth-order valence-electron chi connectivity index (χ4n) is 2.02. The molecule has 0 spiro atoms. The summed E-state index contributed by atoms with van der Waals surface area (Å²) < 4.78 is 4.51. The summed E-state index contributed by atoms with van der Waals surface area (Å²) in [4.78, 5) is 22.2. The zero-order valence-electron chi connectivity index (χ0n) is 7.92. The molecule has 0 N–H and O–H groups in total. The summed E-state index contributed by atoms with van der Waals surface area (Å²) >= 11 is 16.0. The standard InChI is InChI=1S/C9H11Cl3O3/c10-8(13)6-2-1-5(4-15-12)3-7(6)9(11)14/h5-7H,1-4H2. The molecule has 0 radical (unpaired) electrons. The molecular weight excluding hydrogens is 262 g/mol. The van der Waals surface area contributed by atoms with E-state index in [1.807, 2.05) is 0 Å². The van der Waals surface area contributed by atoms with Gasteiger partial charge in [0.25, 0.3) is 0 Å². The summed E-state index contributed by atoms with van der Waals surface area (Å²) in [5.74, 6) is -0.784.